The fourth-order valence-electron chi connectivity index (χ4n) is 1.67. The van der Waals surface area contributed by atoms with Crippen LogP contribution in [0.5, 0.6) is 0 Å². The molecule has 2 aromatic rings. The van der Waals surface area contributed by atoms with E-state index in [1.807, 2.05) is 0 Å². The van der Waals surface area contributed by atoms with E-state index in [4.69, 9.17) is 17.3 Å². The first-order chi connectivity index (χ1) is 9.49. The molecule has 2 aromatic carbocycles. The van der Waals surface area contributed by atoms with Gasteiger partial charge in [0.15, 0.2) is 5.82 Å². The van der Waals surface area contributed by atoms with Crippen molar-refractivity contribution in [1.82, 2.24) is 0 Å². The molecule has 0 heterocycles. The van der Waals surface area contributed by atoms with Crippen molar-refractivity contribution in [3.05, 3.63) is 64.7 Å². The first-order valence-corrected chi connectivity index (χ1v) is 6.13. The Labute approximate surface area is 119 Å². The minimum absolute atomic E-state index is 0.226. The van der Waals surface area contributed by atoms with Crippen molar-refractivity contribution in [3.63, 3.8) is 0 Å². The van der Waals surface area contributed by atoms with Gasteiger partial charge in [-0.3, -0.25) is 4.79 Å². The summed E-state index contributed by atoms with van der Waals surface area (Å²) in [4.78, 5) is 11.9. The summed E-state index contributed by atoms with van der Waals surface area (Å²) in [6, 6.07) is 9.16. The Balaban J connectivity index is 2.20. The highest BCUT2D eigenvalue weighted by Gasteiger charge is 2.19. The van der Waals surface area contributed by atoms with Crippen LogP contribution in [0.15, 0.2) is 42.5 Å². The lowest BCUT2D eigenvalue weighted by molar-refractivity contribution is -0.117. The number of hydrogen-bond donors (Lipinski definition) is 2. The van der Waals surface area contributed by atoms with E-state index in [0.717, 1.165) is 6.07 Å². The van der Waals surface area contributed by atoms with Gasteiger partial charge in [0.05, 0.1) is 10.7 Å². The Morgan fingerprint density at radius 1 is 1.20 bits per heavy atom. The van der Waals surface area contributed by atoms with Crippen LogP contribution in [-0.2, 0) is 4.79 Å². The maximum Gasteiger partial charge on any atom is 0.246 e. The molecular formula is C14H11ClF2N2O. The lowest BCUT2D eigenvalue weighted by atomic mass is 10.1. The molecule has 3 N–H and O–H groups in total. The van der Waals surface area contributed by atoms with E-state index >= 15 is 0 Å². The van der Waals surface area contributed by atoms with E-state index in [1.54, 1.807) is 30.3 Å². The normalized spacial score (nSPS) is 12.0. The highest BCUT2D eigenvalue weighted by atomic mass is 35.5. The summed E-state index contributed by atoms with van der Waals surface area (Å²) >= 11 is 5.69. The van der Waals surface area contributed by atoms with Crippen molar-refractivity contribution >= 4 is 23.2 Å². The number of benzene rings is 2. The minimum Gasteiger partial charge on any atom is -0.321 e. The van der Waals surface area contributed by atoms with Gasteiger partial charge in [0, 0.05) is 6.07 Å². The predicted octanol–water partition coefficient (Wildman–Crippen LogP) is 3.26. The number of hydrogen-bond acceptors (Lipinski definition) is 2. The van der Waals surface area contributed by atoms with Crippen LogP contribution < -0.4 is 11.1 Å². The fourth-order valence-corrected chi connectivity index (χ4v) is 1.92. The number of nitrogens with two attached hydrogens (primary N) is 1. The van der Waals surface area contributed by atoms with Crippen LogP contribution in [0, 0.1) is 11.6 Å². The molecular weight excluding hydrogens is 286 g/mol. The molecule has 0 aromatic heterocycles. The van der Waals surface area contributed by atoms with E-state index < -0.39 is 23.6 Å². The van der Waals surface area contributed by atoms with Gasteiger partial charge in [0.2, 0.25) is 5.91 Å². The predicted molar refractivity (Wildman–Crippen MR) is 73.4 cm³/mol. The van der Waals surface area contributed by atoms with Crippen molar-refractivity contribution in [2.45, 2.75) is 6.04 Å². The highest BCUT2D eigenvalue weighted by Crippen LogP contribution is 2.27. The summed E-state index contributed by atoms with van der Waals surface area (Å²) in [6.07, 6.45) is 0. The van der Waals surface area contributed by atoms with Gasteiger partial charge in [-0.05, 0) is 11.6 Å². The second-order valence-electron chi connectivity index (χ2n) is 4.12. The summed E-state index contributed by atoms with van der Waals surface area (Å²) in [5.41, 5.74) is 6.05. The third-order valence-corrected chi connectivity index (χ3v) is 2.99. The molecule has 0 bridgehead atoms. The SMILES string of the molecule is N[C@H](C(=O)Nc1c(F)cc(F)cc1Cl)c1ccccc1. The molecule has 6 heteroatoms. The third-order valence-electron chi connectivity index (χ3n) is 2.70. The molecule has 0 fully saturated rings. The number of halogens is 3. The highest BCUT2D eigenvalue weighted by molar-refractivity contribution is 6.33. The molecule has 2 rings (SSSR count). The molecule has 0 radical (unpaired) electrons. The first-order valence-electron chi connectivity index (χ1n) is 5.75. The van der Waals surface area contributed by atoms with Crippen LogP contribution in [0.2, 0.25) is 5.02 Å². The quantitative estimate of drug-likeness (QED) is 0.913. The third kappa shape index (κ3) is 3.12. The Morgan fingerprint density at radius 3 is 2.45 bits per heavy atom. The van der Waals surface area contributed by atoms with E-state index in [1.165, 1.54) is 0 Å². The van der Waals surface area contributed by atoms with Gasteiger partial charge in [-0.2, -0.15) is 0 Å². The molecule has 0 saturated carbocycles. The maximum atomic E-state index is 13.6. The molecule has 0 aliphatic carbocycles. The lowest BCUT2D eigenvalue weighted by Gasteiger charge is -2.14. The van der Waals surface area contributed by atoms with E-state index in [0.29, 0.717) is 11.6 Å². The molecule has 104 valence electrons. The van der Waals surface area contributed by atoms with Gasteiger partial charge in [0.1, 0.15) is 11.9 Å². The minimum atomic E-state index is -0.975. The molecule has 1 amide bonds. The zero-order valence-corrected chi connectivity index (χ0v) is 11.0. The van der Waals surface area contributed by atoms with Crippen LogP contribution in [0.25, 0.3) is 0 Å². The number of carbonyl (C=O) groups is 1. The van der Waals surface area contributed by atoms with Crippen molar-refractivity contribution in [2.24, 2.45) is 5.73 Å². The van der Waals surface area contributed by atoms with Gasteiger partial charge in [-0.1, -0.05) is 41.9 Å². The molecule has 0 aliphatic heterocycles. The van der Waals surface area contributed by atoms with Crippen LogP contribution in [0.3, 0.4) is 0 Å². The zero-order valence-electron chi connectivity index (χ0n) is 10.2. The maximum absolute atomic E-state index is 13.6. The molecule has 0 saturated heterocycles. The first kappa shape index (κ1) is 14.4. The Morgan fingerprint density at radius 2 is 1.85 bits per heavy atom. The number of amides is 1. The molecule has 1 atom stereocenters. The van der Waals surface area contributed by atoms with Gasteiger partial charge in [-0.15, -0.1) is 0 Å². The van der Waals surface area contributed by atoms with E-state index in [-0.39, 0.29) is 10.7 Å². The summed E-state index contributed by atoms with van der Waals surface area (Å²) in [6.45, 7) is 0. The molecule has 0 aliphatic rings. The van der Waals surface area contributed by atoms with Crippen LogP contribution in [-0.4, -0.2) is 5.91 Å². The monoisotopic (exact) mass is 296 g/mol. The van der Waals surface area contributed by atoms with Crippen molar-refractivity contribution < 1.29 is 13.6 Å². The molecule has 20 heavy (non-hydrogen) atoms. The molecule has 0 unspecified atom stereocenters. The summed E-state index contributed by atoms with van der Waals surface area (Å²) in [5, 5.41) is 2.04. The molecule has 3 nitrogen and oxygen atoms in total. The van der Waals surface area contributed by atoms with E-state index in [2.05, 4.69) is 5.32 Å². The Hall–Kier alpha value is -1.98. The number of nitrogens with one attached hydrogen (secondary N) is 1. The van der Waals surface area contributed by atoms with Crippen molar-refractivity contribution in [1.29, 1.82) is 0 Å². The number of carbonyl (C=O) groups excluding carboxylic acids is 1. The second-order valence-corrected chi connectivity index (χ2v) is 4.53. The van der Waals surface area contributed by atoms with Gasteiger partial charge >= 0.3 is 0 Å². The number of rotatable bonds is 3. The van der Waals surface area contributed by atoms with Gasteiger partial charge < -0.3 is 11.1 Å². The van der Waals surface area contributed by atoms with Crippen molar-refractivity contribution in [3.8, 4) is 0 Å². The van der Waals surface area contributed by atoms with Crippen LogP contribution >= 0.6 is 11.6 Å². The van der Waals surface area contributed by atoms with Crippen molar-refractivity contribution in [2.75, 3.05) is 5.32 Å². The van der Waals surface area contributed by atoms with Gasteiger partial charge in [0.25, 0.3) is 0 Å². The topological polar surface area (TPSA) is 55.1 Å². The smallest absolute Gasteiger partial charge is 0.246 e. The lowest BCUT2D eigenvalue weighted by Crippen LogP contribution is -2.28. The second kappa shape index (κ2) is 5.98. The van der Waals surface area contributed by atoms with Crippen LogP contribution in [0.1, 0.15) is 11.6 Å². The van der Waals surface area contributed by atoms with Gasteiger partial charge in [-0.25, -0.2) is 8.78 Å². The summed E-state index contributed by atoms with van der Waals surface area (Å²) in [7, 11) is 0. The summed E-state index contributed by atoms with van der Waals surface area (Å²) in [5.74, 6) is -2.41. The summed E-state index contributed by atoms with van der Waals surface area (Å²) < 4.78 is 26.5. The Kier molecular flexibility index (Phi) is 4.32. The Bertz CT molecular complexity index is 611. The average molecular weight is 297 g/mol. The molecule has 0 spiro atoms. The van der Waals surface area contributed by atoms with Crippen LogP contribution in [0.4, 0.5) is 14.5 Å². The average Bonchev–Trinajstić information content (AvgIpc) is 2.42. The van der Waals surface area contributed by atoms with E-state index in [9.17, 15) is 13.6 Å². The zero-order chi connectivity index (χ0) is 14.7. The number of anilines is 1. The fraction of sp³-hybridized carbons (Fsp3) is 0.0714. The standard InChI is InChI=1S/C14H11ClF2N2O/c15-10-6-9(16)7-11(17)13(10)19-14(20)12(18)8-4-2-1-3-5-8/h1-7,12H,18H2,(H,19,20)/t12-/m0/s1. The largest absolute Gasteiger partial charge is 0.321 e.